The van der Waals surface area contributed by atoms with Crippen LogP contribution in [-0.2, 0) is 0 Å². The van der Waals surface area contributed by atoms with E-state index in [1.165, 1.54) is 25.0 Å². The van der Waals surface area contributed by atoms with Gasteiger partial charge in [-0.2, -0.15) is 4.98 Å². The molecule has 1 aromatic heterocycles. The Labute approximate surface area is 121 Å². The average molecular weight is 288 g/mol. The lowest BCUT2D eigenvalue weighted by atomic mass is 9.94. The Morgan fingerprint density at radius 2 is 2.33 bits per heavy atom. The van der Waals surface area contributed by atoms with E-state index in [1.54, 1.807) is 6.07 Å². The Balaban J connectivity index is 1.63. The van der Waals surface area contributed by atoms with Gasteiger partial charge in [0.1, 0.15) is 5.52 Å². The number of oxazole rings is 1. The average Bonchev–Trinajstić information content (AvgIpc) is 3.09. The Morgan fingerprint density at radius 1 is 1.43 bits per heavy atom. The molecule has 21 heavy (non-hydrogen) atoms. The van der Waals surface area contributed by atoms with Crippen molar-refractivity contribution in [2.45, 2.75) is 18.9 Å². The van der Waals surface area contributed by atoms with Crippen LogP contribution in [-0.4, -0.2) is 35.6 Å². The summed E-state index contributed by atoms with van der Waals surface area (Å²) in [5, 5.41) is 14.3. The van der Waals surface area contributed by atoms with Gasteiger partial charge in [-0.25, -0.2) is 0 Å². The molecule has 1 N–H and O–H groups in total. The smallest absolute Gasteiger partial charge is 0.298 e. The maximum Gasteiger partial charge on any atom is 0.298 e. The molecule has 1 aromatic carbocycles. The third-order valence-corrected chi connectivity index (χ3v) is 4.44. The number of aromatic nitrogens is 1. The lowest BCUT2D eigenvalue weighted by Gasteiger charge is -2.24. The Hall–Kier alpha value is -2.15. The van der Waals surface area contributed by atoms with E-state index >= 15 is 0 Å². The summed E-state index contributed by atoms with van der Waals surface area (Å²) in [6, 6.07) is 5.61. The van der Waals surface area contributed by atoms with Crippen molar-refractivity contribution in [2.75, 3.05) is 24.5 Å². The molecule has 0 saturated carbocycles. The standard InChI is InChI=1S/C14H16N4O3/c19-18(20)10-3-4-11-13(6-10)21-14(16-11)17-7-9-2-1-5-15-12(9)8-17/h3-4,6,9,12,15H,1-2,5,7-8H2/t9-,12+/m0/s1. The zero-order valence-corrected chi connectivity index (χ0v) is 11.5. The van der Waals surface area contributed by atoms with E-state index in [0.29, 0.717) is 29.1 Å². The number of benzene rings is 1. The fourth-order valence-corrected chi connectivity index (χ4v) is 3.35. The fourth-order valence-electron chi connectivity index (χ4n) is 3.35. The van der Waals surface area contributed by atoms with Crippen LogP contribution < -0.4 is 10.2 Å². The van der Waals surface area contributed by atoms with Crippen LogP contribution in [0.15, 0.2) is 22.6 Å². The Morgan fingerprint density at radius 3 is 3.14 bits per heavy atom. The van der Waals surface area contributed by atoms with E-state index in [1.807, 2.05) is 0 Å². The topological polar surface area (TPSA) is 84.4 Å². The van der Waals surface area contributed by atoms with Gasteiger partial charge in [-0.05, 0) is 31.4 Å². The minimum absolute atomic E-state index is 0.0296. The summed E-state index contributed by atoms with van der Waals surface area (Å²) in [6.07, 6.45) is 2.45. The third kappa shape index (κ3) is 2.13. The van der Waals surface area contributed by atoms with Crippen LogP contribution in [0.25, 0.3) is 11.1 Å². The number of non-ortho nitro benzene ring substituents is 1. The number of hydrogen-bond donors (Lipinski definition) is 1. The van der Waals surface area contributed by atoms with Crippen LogP contribution in [0.1, 0.15) is 12.8 Å². The first-order valence-corrected chi connectivity index (χ1v) is 7.24. The maximum absolute atomic E-state index is 10.8. The number of fused-ring (bicyclic) bond motifs is 2. The second-order valence-corrected chi connectivity index (χ2v) is 5.77. The van der Waals surface area contributed by atoms with Gasteiger partial charge < -0.3 is 14.6 Å². The highest BCUT2D eigenvalue weighted by Crippen LogP contribution is 2.31. The second-order valence-electron chi connectivity index (χ2n) is 5.77. The summed E-state index contributed by atoms with van der Waals surface area (Å²) in [4.78, 5) is 17.0. The minimum Gasteiger partial charge on any atom is -0.423 e. The summed E-state index contributed by atoms with van der Waals surface area (Å²) < 4.78 is 5.73. The van der Waals surface area contributed by atoms with E-state index < -0.39 is 4.92 Å². The number of nitro benzene ring substituents is 1. The van der Waals surface area contributed by atoms with Crippen LogP contribution in [0.5, 0.6) is 0 Å². The molecule has 0 bridgehead atoms. The predicted molar refractivity (Wildman–Crippen MR) is 77.4 cm³/mol. The predicted octanol–water partition coefficient (Wildman–Crippen LogP) is 1.92. The molecule has 0 amide bonds. The van der Waals surface area contributed by atoms with Crippen LogP contribution in [0.4, 0.5) is 11.7 Å². The number of anilines is 1. The first-order valence-electron chi connectivity index (χ1n) is 7.24. The van der Waals surface area contributed by atoms with Crippen LogP contribution in [0, 0.1) is 16.0 Å². The quantitative estimate of drug-likeness (QED) is 0.671. The molecule has 2 fully saturated rings. The third-order valence-electron chi connectivity index (χ3n) is 4.44. The van der Waals surface area contributed by atoms with Crippen molar-refractivity contribution in [2.24, 2.45) is 5.92 Å². The van der Waals surface area contributed by atoms with E-state index in [9.17, 15) is 10.1 Å². The molecule has 7 heteroatoms. The SMILES string of the molecule is O=[N+]([O-])c1ccc2nc(N3C[C@@H]4CCCN[C@@H]4C3)oc2c1. The number of nitrogens with zero attached hydrogens (tertiary/aromatic N) is 3. The molecule has 0 unspecified atom stereocenters. The van der Waals surface area contributed by atoms with Crippen molar-refractivity contribution < 1.29 is 9.34 Å². The first kappa shape index (κ1) is 12.6. The molecular weight excluding hydrogens is 272 g/mol. The van der Waals surface area contributed by atoms with Gasteiger partial charge in [-0.15, -0.1) is 0 Å². The van der Waals surface area contributed by atoms with Crippen molar-refractivity contribution in [3.05, 3.63) is 28.3 Å². The molecule has 2 aromatic rings. The van der Waals surface area contributed by atoms with E-state index in [0.717, 1.165) is 19.6 Å². The molecule has 7 nitrogen and oxygen atoms in total. The summed E-state index contributed by atoms with van der Waals surface area (Å²) in [7, 11) is 0. The Bertz CT molecular complexity index is 685. The van der Waals surface area contributed by atoms with Crippen LogP contribution >= 0.6 is 0 Å². The first-order chi connectivity index (χ1) is 10.2. The highest BCUT2D eigenvalue weighted by molar-refractivity contribution is 5.77. The maximum atomic E-state index is 10.8. The second kappa shape index (κ2) is 4.70. The minimum atomic E-state index is -0.421. The van der Waals surface area contributed by atoms with Gasteiger partial charge in [0.15, 0.2) is 5.58 Å². The van der Waals surface area contributed by atoms with Crippen molar-refractivity contribution in [3.8, 4) is 0 Å². The zero-order chi connectivity index (χ0) is 14.4. The summed E-state index contributed by atoms with van der Waals surface area (Å²) >= 11 is 0. The zero-order valence-electron chi connectivity index (χ0n) is 11.5. The van der Waals surface area contributed by atoms with Crippen LogP contribution in [0.2, 0.25) is 0 Å². The van der Waals surface area contributed by atoms with Crippen molar-refractivity contribution >= 4 is 22.8 Å². The molecular formula is C14H16N4O3. The van der Waals surface area contributed by atoms with Crippen molar-refractivity contribution in [1.82, 2.24) is 10.3 Å². The highest BCUT2D eigenvalue weighted by atomic mass is 16.6. The summed E-state index contributed by atoms with van der Waals surface area (Å²) in [5.41, 5.74) is 1.17. The largest absolute Gasteiger partial charge is 0.423 e. The van der Waals surface area contributed by atoms with Gasteiger partial charge in [0.2, 0.25) is 0 Å². The summed E-state index contributed by atoms with van der Waals surface area (Å²) in [5.74, 6) is 0.642. The molecule has 110 valence electrons. The van der Waals surface area contributed by atoms with Gasteiger partial charge in [0.25, 0.3) is 11.7 Å². The lowest BCUT2D eigenvalue weighted by Crippen LogP contribution is -2.40. The van der Waals surface area contributed by atoms with Gasteiger partial charge in [-0.1, -0.05) is 0 Å². The molecule has 2 aliphatic heterocycles. The molecule has 3 heterocycles. The highest BCUT2D eigenvalue weighted by Gasteiger charge is 2.36. The molecule has 0 aliphatic carbocycles. The normalized spacial score (nSPS) is 25.2. The Kier molecular flexibility index (Phi) is 2.81. The van der Waals surface area contributed by atoms with E-state index in [4.69, 9.17) is 4.42 Å². The molecule has 2 saturated heterocycles. The monoisotopic (exact) mass is 288 g/mol. The number of nitro groups is 1. The molecule has 4 rings (SSSR count). The van der Waals surface area contributed by atoms with Crippen molar-refractivity contribution in [3.63, 3.8) is 0 Å². The number of nitrogens with one attached hydrogen (secondary N) is 1. The molecule has 2 atom stereocenters. The van der Waals surface area contributed by atoms with Crippen LogP contribution in [0.3, 0.4) is 0 Å². The van der Waals surface area contributed by atoms with Gasteiger partial charge in [-0.3, -0.25) is 10.1 Å². The van der Waals surface area contributed by atoms with Gasteiger partial charge >= 0.3 is 0 Å². The number of hydrogen-bond acceptors (Lipinski definition) is 6. The van der Waals surface area contributed by atoms with E-state index in [2.05, 4.69) is 15.2 Å². The van der Waals surface area contributed by atoms with Gasteiger partial charge in [0.05, 0.1) is 11.0 Å². The van der Waals surface area contributed by atoms with Crippen molar-refractivity contribution in [1.29, 1.82) is 0 Å². The number of rotatable bonds is 2. The fraction of sp³-hybridized carbons (Fsp3) is 0.500. The van der Waals surface area contributed by atoms with Gasteiger partial charge in [0, 0.05) is 25.2 Å². The van der Waals surface area contributed by atoms with E-state index in [-0.39, 0.29) is 5.69 Å². The molecule has 0 spiro atoms. The lowest BCUT2D eigenvalue weighted by molar-refractivity contribution is -0.384. The number of piperidine rings is 1. The molecule has 0 radical (unpaired) electrons. The molecule has 2 aliphatic rings. The summed E-state index contributed by atoms with van der Waals surface area (Å²) in [6.45, 7) is 2.90.